The van der Waals surface area contributed by atoms with Gasteiger partial charge in [-0.15, -0.1) is 0 Å². The zero-order valence-electron chi connectivity index (χ0n) is 5.68. The van der Waals surface area contributed by atoms with Crippen molar-refractivity contribution < 1.29 is 9.53 Å². The summed E-state index contributed by atoms with van der Waals surface area (Å²) in [6, 6.07) is 2.96. The van der Waals surface area contributed by atoms with Gasteiger partial charge in [0.1, 0.15) is 5.02 Å². The van der Waals surface area contributed by atoms with Crippen LogP contribution in [0, 0.1) is 0 Å². The maximum atomic E-state index is 9.97. The molecule has 1 aromatic rings. The lowest BCUT2D eigenvalue weighted by molar-refractivity contribution is -0.120. The Hall–Kier alpha value is -0.440. The minimum atomic E-state index is 0.135. The third-order valence-electron chi connectivity index (χ3n) is 1.17. The Labute approximate surface area is 84.0 Å². The molecule has 0 bridgehead atoms. The Kier molecular flexibility index (Phi) is 3.20. The number of ether oxygens (including phenoxy) is 1. The van der Waals surface area contributed by atoms with E-state index in [0.29, 0.717) is 5.02 Å². The predicted octanol–water partition coefficient (Wildman–Crippen LogP) is 3.18. The molecule has 0 aliphatic heterocycles. The largest absolute Gasteiger partial charge is 0.427 e. The molecule has 0 fully saturated rings. The van der Waals surface area contributed by atoms with Crippen LogP contribution in [0.5, 0.6) is 5.75 Å². The van der Waals surface area contributed by atoms with Crippen molar-refractivity contribution >= 4 is 41.3 Å². The molecule has 0 atom stereocenters. The molecule has 12 heavy (non-hydrogen) atoms. The van der Waals surface area contributed by atoms with Gasteiger partial charge < -0.3 is 4.74 Å². The molecule has 0 unspecified atom stereocenters. The summed E-state index contributed by atoms with van der Waals surface area (Å²) in [5, 5.41) is 0.633. The van der Waals surface area contributed by atoms with Crippen molar-refractivity contribution in [1.29, 1.82) is 0 Å². The number of carbonyl (C=O) groups excluding carboxylic acids is 1. The average molecular weight is 225 g/mol. The SMILES string of the molecule is O=COc1ccc(Cl)c(Cl)c1Cl. The van der Waals surface area contributed by atoms with E-state index in [1.807, 2.05) is 0 Å². The number of hydrogen-bond acceptors (Lipinski definition) is 2. The molecule has 1 aromatic carbocycles. The van der Waals surface area contributed by atoms with E-state index in [2.05, 4.69) is 4.74 Å². The van der Waals surface area contributed by atoms with E-state index in [1.165, 1.54) is 12.1 Å². The lowest BCUT2D eigenvalue weighted by Gasteiger charge is -2.03. The molecular weight excluding hydrogens is 222 g/mol. The molecule has 0 saturated carbocycles. The van der Waals surface area contributed by atoms with Gasteiger partial charge in [0.25, 0.3) is 6.47 Å². The monoisotopic (exact) mass is 224 g/mol. The van der Waals surface area contributed by atoms with Crippen molar-refractivity contribution in [2.45, 2.75) is 0 Å². The van der Waals surface area contributed by atoms with Crippen LogP contribution in [0.3, 0.4) is 0 Å². The van der Waals surface area contributed by atoms with E-state index >= 15 is 0 Å². The second-order valence-corrected chi connectivity index (χ2v) is 3.05. The van der Waals surface area contributed by atoms with Crippen LogP contribution >= 0.6 is 34.8 Å². The van der Waals surface area contributed by atoms with Crippen LogP contribution in [0.4, 0.5) is 0 Å². The van der Waals surface area contributed by atoms with Gasteiger partial charge in [0.05, 0.1) is 10.0 Å². The first-order chi connectivity index (χ1) is 5.66. The van der Waals surface area contributed by atoms with Crippen molar-refractivity contribution in [3.63, 3.8) is 0 Å². The summed E-state index contributed by atoms with van der Waals surface area (Å²) in [4.78, 5) is 9.97. The highest BCUT2D eigenvalue weighted by Crippen LogP contribution is 2.36. The molecule has 64 valence electrons. The van der Waals surface area contributed by atoms with Gasteiger partial charge in [0.2, 0.25) is 0 Å². The molecule has 0 amide bonds. The Morgan fingerprint density at radius 2 is 1.83 bits per heavy atom. The number of benzene rings is 1. The van der Waals surface area contributed by atoms with Crippen LogP contribution in [0.15, 0.2) is 12.1 Å². The van der Waals surface area contributed by atoms with Crippen molar-refractivity contribution in [2.24, 2.45) is 0 Å². The molecule has 0 aliphatic carbocycles. The standard InChI is InChI=1S/C7H3Cl3O2/c8-4-1-2-5(12-3-11)7(10)6(4)9/h1-3H. The summed E-state index contributed by atoms with van der Waals surface area (Å²) in [6.45, 7) is 0.269. The molecule has 0 N–H and O–H groups in total. The molecule has 0 spiro atoms. The normalized spacial score (nSPS) is 9.58. The Morgan fingerprint density at radius 3 is 2.42 bits per heavy atom. The Balaban J connectivity index is 3.16. The van der Waals surface area contributed by atoms with Gasteiger partial charge in [-0.05, 0) is 12.1 Å². The van der Waals surface area contributed by atoms with E-state index in [0.717, 1.165) is 0 Å². The number of halogens is 3. The van der Waals surface area contributed by atoms with Crippen LogP contribution in [-0.2, 0) is 4.79 Å². The molecule has 0 aliphatic rings. The highest BCUT2D eigenvalue weighted by Gasteiger charge is 2.08. The Morgan fingerprint density at radius 1 is 1.17 bits per heavy atom. The third kappa shape index (κ3) is 1.83. The maximum absolute atomic E-state index is 9.97. The van der Waals surface area contributed by atoms with E-state index < -0.39 is 0 Å². The molecule has 1 rings (SSSR count). The number of carbonyl (C=O) groups is 1. The maximum Gasteiger partial charge on any atom is 0.298 e. The average Bonchev–Trinajstić information content (AvgIpc) is 2.07. The van der Waals surface area contributed by atoms with Gasteiger partial charge in [-0.1, -0.05) is 34.8 Å². The van der Waals surface area contributed by atoms with Crippen LogP contribution < -0.4 is 4.74 Å². The van der Waals surface area contributed by atoms with Gasteiger partial charge in [-0.2, -0.15) is 0 Å². The Bertz CT molecular complexity index is 312. The van der Waals surface area contributed by atoms with Crippen LogP contribution in [0.2, 0.25) is 15.1 Å². The first-order valence-corrected chi connectivity index (χ1v) is 4.04. The lowest BCUT2D eigenvalue weighted by atomic mass is 10.3. The predicted molar refractivity (Wildman–Crippen MR) is 48.2 cm³/mol. The second-order valence-electron chi connectivity index (χ2n) is 1.89. The van der Waals surface area contributed by atoms with Gasteiger partial charge in [-0.3, -0.25) is 4.79 Å². The van der Waals surface area contributed by atoms with Crippen LogP contribution in [0.1, 0.15) is 0 Å². The first kappa shape index (κ1) is 9.65. The molecular formula is C7H3Cl3O2. The van der Waals surface area contributed by atoms with Gasteiger partial charge in [0.15, 0.2) is 5.75 Å². The minimum Gasteiger partial charge on any atom is -0.427 e. The quantitative estimate of drug-likeness (QED) is 0.571. The minimum absolute atomic E-state index is 0.135. The van der Waals surface area contributed by atoms with E-state index in [4.69, 9.17) is 34.8 Å². The van der Waals surface area contributed by atoms with Crippen LogP contribution in [0.25, 0.3) is 0 Å². The molecule has 0 saturated heterocycles. The third-order valence-corrected chi connectivity index (χ3v) is 2.45. The number of rotatable bonds is 2. The van der Waals surface area contributed by atoms with Gasteiger partial charge >= 0.3 is 0 Å². The molecule has 2 nitrogen and oxygen atoms in total. The van der Waals surface area contributed by atoms with Crippen molar-refractivity contribution in [1.82, 2.24) is 0 Å². The summed E-state index contributed by atoms with van der Waals surface area (Å²) in [5.41, 5.74) is 0. The van der Waals surface area contributed by atoms with Gasteiger partial charge in [0, 0.05) is 0 Å². The zero-order chi connectivity index (χ0) is 9.14. The van der Waals surface area contributed by atoms with Crippen molar-refractivity contribution in [2.75, 3.05) is 0 Å². The highest BCUT2D eigenvalue weighted by molar-refractivity contribution is 6.48. The van der Waals surface area contributed by atoms with Gasteiger partial charge in [-0.25, -0.2) is 0 Å². The van der Waals surface area contributed by atoms with E-state index in [9.17, 15) is 4.79 Å². The fraction of sp³-hybridized carbons (Fsp3) is 0. The summed E-state index contributed by atoms with van der Waals surface area (Å²) in [7, 11) is 0. The van der Waals surface area contributed by atoms with E-state index in [1.54, 1.807) is 0 Å². The summed E-state index contributed by atoms with van der Waals surface area (Å²) >= 11 is 17.0. The zero-order valence-corrected chi connectivity index (χ0v) is 7.95. The molecule has 5 heteroatoms. The molecule has 0 radical (unpaired) electrons. The summed E-state index contributed by atoms with van der Waals surface area (Å²) < 4.78 is 4.52. The fourth-order valence-corrected chi connectivity index (χ4v) is 1.22. The van der Waals surface area contributed by atoms with Crippen molar-refractivity contribution in [3.8, 4) is 5.75 Å². The fourth-order valence-electron chi connectivity index (χ4n) is 0.651. The first-order valence-electron chi connectivity index (χ1n) is 2.90. The topological polar surface area (TPSA) is 26.3 Å². The molecule has 0 heterocycles. The summed E-state index contributed by atoms with van der Waals surface area (Å²) in [6.07, 6.45) is 0. The highest BCUT2D eigenvalue weighted by atomic mass is 35.5. The van der Waals surface area contributed by atoms with Crippen molar-refractivity contribution in [3.05, 3.63) is 27.2 Å². The second kappa shape index (κ2) is 3.99. The number of hydrogen-bond donors (Lipinski definition) is 0. The van der Waals surface area contributed by atoms with E-state index in [-0.39, 0.29) is 22.3 Å². The smallest absolute Gasteiger partial charge is 0.298 e. The lowest BCUT2D eigenvalue weighted by Crippen LogP contribution is -1.89. The summed E-state index contributed by atoms with van der Waals surface area (Å²) in [5.74, 6) is 0.195. The molecule has 0 aromatic heterocycles. The van der Waals surface area contributed by atoms with Crippen LogP contribution in [-0.4, -0.2) is 6.47 Å².